The molecule has 0 saturated carbocycles. The Balaban J connectivity index is 1.55. The van der Waals surface area contributed by atoms with E-state index in [-0.39, 0.29) is 24.0 Å². The molecule has 0 saturated heterocycles. The second-order valence-corrected chi connectivity index (χ2v) is 8.20. The zero-order chi connectivity index (χ0) is 20.9. The summed E-state index contributed by atoms with van der Waals surface area (Å²) in [6.07, 6.45) is 1.53. The minimum Gasteiger partial charge on any atom is -0.484 e. The molecule has 3 aromatic rings. The van der Waals surface area contributed by atoms with Gasteiger partial charge in [0.05, 0.1) is 17.7 Å². The number of aryl methyl sites for hydroxylation is 2. The van der Waals surface area contributed by atoms with Crippen molar-refractivity contribution in [1.82, 2.24) is 5.32 Å². The largest absolute Gasteiger partial charge is 0.484 e. The molecule has 8 heteroatoms. The highest BCUT2D eigenvalue weighted by Gasteiger charge is 2.15. The van der Waals surface area contributed by atoms with Crippen LogP contribution < -0.4 is 14.8 Å². The summed E-state index contributed by atoms with van der Waals surface area (Å²) in [5.41, 5.74) is 2.59. The van der Waals surface area contributed by atoms with E-state index in [1.807, 2.05) is 19.9 Å². The van der Waals surface area contributed by atoms with Crippen LogP contribution in [0.1, 0.15) is 16.9 Å². The molecule has 1 amide bonds. The number of anilines is 1. The van der Waals surface area contributed by atoms with E-state index in [0.29, 0.717) is 17.2 Å². The van der Waals surface area contributed by atoms with Gasteiger partial charge < -0.3 is 14.5 Å². The number of benzene rings is 2. The Hall–Kier alpha value is -3.26. The Morgan fingerprint density at radius 2 is 1.79 bits per heavy atom. The lowest BCUT2D eigenvalue weighted by Crippen LogP contribution is -2.28. The smallest absolute Gasteiger partial charge is 0.261 e. The van der Waals surface area contributed by atoms with Gasteiger partial charge in [0.15, 0.2) is 6.61 Å². The van der Waals surface area contributed by atoms with Gasteiger partial charge >= 0.3 is 0 Å². The number of nitrogens with one attached hydrogen (secondary N) is 2. The Kier molecular flexibility index (Phi) is 6.23. The van der Waals surface area contributed by atoms with Gasteiger partial charge in [-0.15, -0.1) is 0 Å². The van der Waals surface area contributed by atoms with Crippen LogP contribution in [0, 0.1) is 13.8 Å². The van der Waals surface area contributed by atoms with E-state index in [1.54, 1.807) is 24.3 Å². The van der Waals surface area contributed by atoms with Crippen molar-refractivity contribution >= 4 is 21.6 Å². The molecule has 2 aromatic carbocycles. The molecular formula is C21H22N2O5S. The summed E-state index contributed by atoms with van der Waals surface area (Å²) in [5, 5.41) is 2.66. The number of hydrogen-bond donors (Lipinski definition) is 2. The van der Waals surface area contributed by atoms with Crippen LogP contribution in [0.2, 0.25) is 0 Å². The van der Waals surface area contributed by atoms with E-state index in [2.05, 4.69) is 10.0 Å². The van der Waals surface area contributed by atoms with Gasteiger partial charge in [0.25, 0.3) is 15.9 Å². The van der Waals surface area contributed by atoms with Gasteiger partial charge in [-0.2, -0.15) is 0 Å². The van der Waals surface area contributed by atoms with Gasteiger partial charge in [0.2, 0.25) is 0 Å². The average molecular weight is 414 g/mol. The molecule has 0 aliphatic carbocycles. The summed E-state index contributed by atoms with van der Waals surface area (Å²) in [4.78, 5) is 11.9. The minimum absolute atomic E-state index is 0.102. The summed E-state index contributed by atoms with van der Waals surface area (Å²) < 4.78 is 38.2. The quantitative estimate of drug-likeness (QED) is 0.589. The van der Waals surface area contributed by atoms with Crippen LogP contribution in [-0.4, -0.2) is 20.9 Å². The second kappa shape index (κ2) is 8.83. The van der Waals surface area contributed by atoms with Gasteiger partial charge in [0.1, 0.15) is 11.5 Å². The maximum Gasteiger partial charge on any atom is 0.261 e. The van der Waals surface area contributed by atoms with E-state index >= 15 is 0 Å². The van der Waals surface area contributed by atoms with Gasteiger partial charge in [0, 0.05) is 5.69 Å². The molecule has 0 aliphatic heterocycles. The minimum atomic E-state index is -3.72. The van der Waals surface area contributed by atoms with Crippen LogP contribution in [0.5, 0.6) is 5.75 Å². The van der Waals surface area contributed by atoms with E-state index in [0.717, 1.165) is 11.1 Å². The maximum atomic E-state index is 12.5. The normalized spacial score (nSPS) is 11.1. The first-order valence-electron chi connectivity index (χ1n) is 8.95. The molecular weight excluding hydrogens is 392 g/mol. The summed E-state index contributed by atoms with van der Waals surface area (Å²) >= 11 is 0. The molecule has 0 radical (unpaired) electrons. The SMILES string of the molecule is Cc1ccc(NS(=O)(=O)c2ccc(OCC(=O)NCc3ccco3)cc2)cc1C. The predicted octanol–water partition coefficient (Wildman–Crippen LogP) is 3.39. The number of furan rings is 1. The number of ether oxygens (including phenoxy) is 1. The molecule has 0 bridgehead atoms. The van der Waals surface area contributed by atoms with Gasteiger partial charge in [-0.25, -0.2) is 8.42 Å². The summed E-state index contributed by atoms with van der Waals surface area (Å²) in [5.74, 6) is 0.724. The standard InChI is InChI=1S/C21H22N2O5S/c1-15-5-6-17(12-16(15)2)23-29(25,26)20-9-7-18(8-10-20)28-14-21(24)22-13-19-4-3-11-27-19/h3-12,23H,13-14H2,1-2H3,(H,22,24). The number of sulfonamides is 1. The van der Waals surface area contributed by atoms with Gasteiger partial charge in [-0.1, -0.05) is 6.07 Å². The van der Waals surface area contributed by atoms with Gasteiger partial charge in [-0.3, -0.25) is 9.52 Å². The Morgan fingerprint density at radius 3 is 2.45 bits per heavy atom. The first-order valence-corrected chi connectivity index (χ1v) is 10.4. The van der Waals surface area contributed by atoms with Crippen molar-refractivity contribution in [2.75, 3.05) is 11.3 Å². The number of carbonyl (C=O) groups is 1. The first kappa shape index (κ1) is 20.5. The molecule has 1 aromatic heterocycles. The summed E-state index contributed by atoms with van der Waals surface area (Å²) in [7, 11) is -3.72. The van der Waals surface area contributed by atoms with Gasteiger partial charge in [-0.05, 0) is 73.5 Å². The van der Waals surface area contributed by atoms with E-state index < -0.39 is 10.0 Å². The average Bonchev–Trinajstić information content (AvgIpc) is 3.21. The highest BCUT2D eigenvalue weighted by atomic mass is 32.2. The van der Waals surface area contributed by atoms with Crippen LogP contribution in [0.4, 0.5) is 5.69 Å². The number of amides is 1. The fraction of sp³-hybridized carbons (Fsp3) is 0.190. The Labute approximate surface area is 169 Å². The van der Waals surface area contributed by atoms with Crippen molar-refractivity contribution < 1.29 is 22.4 Å². The van der Waals surface area contributed by atoms with Crippen molar-refractivity contribution in [2.45, 2.75) is 25.3 Å². The third kappa shape index (κ3) is 5.61. The number of rotatable bonds is 8. The van der Waals surface area contributed by atoms with Crippen molar-refractivity contribution in [2.24, 2.45) is 0 Å². The predicted molar refractivity (Wildman–Crippen MR) is 109 cm³/mol. The van der Waals surface area contributed by atoms with E-state index in [9.17, 15) is 13.2 Å². The van der Waals surface area contributed by atoms with Crippen molar-refractivity contribution in [3.8, 4) is 5.75 Å². The van der Waals surface area contributed by atoms with Crippen LogP contribution >= 0.6 is 0 Å². The first-order chi connectivity index (χ1) is 13.8. The molecule has 0 aliphatic rings. The van der Waals surface area contributed by atoms with Crippen molar-refractivity contribution in [1.29, 1.82) is 0 Å². The highest BCUT2D eigenvalue weighted by Crippen LogP contribution is 2.21. The molecule has 0 spiro atoms. The monoisotopic (exact) mass is 414 g/mol. The van der Waals surface area contributed by atoms with Crippen LogP contribution in [0.3, 0.4) is 0 Å². The molecule has 2 N–H and O–H groups in total. The Bertz CT molecular complexity index is 1070. The second-order valence-electron chi connectivity index (χ2n) is 6.52. The number of hydrogen-bond acceptors (Lipinski definition) is 5. The molecule has 0 atom stereocenters. The molecule has 0 unspecified atom stereocenters. The van der Waals surface area contributed by atoms with Crippen LogP contribution in [-0.2, 0) is 21.4 Å². The molecule has 3 rings (SSSR count). The molecule has 152 valence electrons. The fourth-order valence-corrected chi connectivity index (χ4v) is 3.58. The highest BCUT2D eigenvalue weighted by molar-refractivity contribution is 7.92. The molecule has 29 heavy (non-hydrogen) atoms. The lowest BCUT2D eigenvalue weighted by atomic mass is 10.1. The Morgan fingerprint density at radius 1 is 1.03 bits per heavy atom. The fourth-order valence-electron chi connectivity index (χ4n) is 2.53. The molecule has 1 heterocycles. The third-order valence-electron chi connectivity index (χ3n) is 4.30. The van der Waals surface area contributed by atoms with Crippen LogP contribution in [0.15, 0.2) is 70.2 Å². The van der Waals surface area contributed by atoms with Crippen molar-refractivity contribution in [3.05, 3.63) is 77.7 Å². The zero-order valence-electron chi connectivity index (χ0n) is 16.1. The lowest BCUT2D eigenvalue weighted by molar-refractivity contribution is -0.123. The summed E-state index contributed by atoms with van der Waals surface area (Å²) in [6.45, 7) is 3.97. The number of carbonyl (C=O) groups excluding carboxylic acids is 1. The van der Waals surface area contributed by atoms with E-state index in [1.165, 1.54) is 30.5 Å². The zero-order valence-corrected chi connectivity index (χ0v) is 17.0. The lowest BCUT2D eigenvalue weighted by Gasteiger charge is -2.11. The molecule has 0 fully saturated rings. The topological polar surface area (TPSA) is 97.6 Å². The maximum absolute atomic E-state index is 12.5. The van der Waals surface area contributed by atoms with Crippen molar-refractivity contribution in [3.63, 3.8) is 0 Å². The van der Waals surface area contributed by atoms with E-state index in [4.69, 9.17) is 9.15 Å². The third-order valence-corrected chi connectivity index (χ3v) is 5.70. The molecule has 7 nitrogen and oxygen atoms in total. The summed E-state index contributed by atoms with van der Waals surface area (Å²) in [6, 6.07) is 14.7. The van der Waals surface area contributed by atoms with Crippen LogP contribution in [0.25, 0.3) is 0 Å².